The molecule has 0 radical (unpaired) electrons. The summed E-state index contributed by atoms with van der Waals surface area (Å²) in [6.45, 7) is 0. The van der Waals surface area contributed by atoms with Gasteiger partial charge in [0.15, 0.2) is 11.5 Å². The van der Waals surface area contributed by atoms with Gasteiger partial charge in [-0.1, -0.05) is 29.3 Å². The highest BCUT2D eigenvalue weighted by molar-refractivity contribution is 6.36. The number of rotatable bonds is 3. The van der Waals surface area contributed by atoms with Gasteiger partial charge in [-0.15, -0.1) is 0 Å². The van der Waals surface area contributed by atoms with E-state index in [9.17, 15) is 20.1 Å². The van der Waals surface area contributed by atoms with Crippen LogP contribution in [0.5, 0.6) is 17.2 Å². The molecule has 0 atom stereocenters. The molecule has 0 aromatic heterocycles. The van der Waals surface area contributed by atoms with E-state index in [0.717, 1.165) is 12.1 Å². The van der Waals surface area contributed by atoms with Crippen LogP contribution < -0.4 is 5.43 Å². The minimum Gasteiger partial charge on any atom is -0.504 e. The van der Waals surface area contributed by atoms with E-state index in [4.69, 9.17) is 23.2 Å². The van der Waals surface area contributed by atoms with Gasteiger partial charge in [-0.3, -0.25) is 4.79 Å². The summed E-state index contributed by atoms with van der Waals surface area (Å²) in [5, 5.41) is 32.6. The highest BCUT2D eigenvalue weighted by Crippen LogP contribution is 2.36. The zero-order valence-electron chi connectivity index (χ0n) is 10.9. The van der Waals surface area contributed by atoms with Crippen molar-refractivity contribution in [3.63, 3.8) is 0 Å². The number of hydrogen-bond acceptors (Lipinski definition) is 5. The molecule has 0 aliphatic rings. The van der Waals surface area contributed by atoms with Crippen LogP contribution in [0.25, 0.3) is 0 Å². The van der Waals surface area contributed by atoms with Crippen molar-refractivity contribution >= 4 is 35.3 Å². The van der Waals surface area contributed by atoms with Crippen LogP contribution in [-0.4, -0.2) is 27.4 Å². The molecule has 4 N–H and O–H groups in total. The zero-order valence-corrected chi connectivity index (χ0v) is 12.4. The second kappa shape index (κ2) is 6.55. The number of aromatic hydroxyl groups is 3. The molecule has 2 aromatic carbocycles. The molecular weight excluding hydrogens is 331 g/mol. The van der Waals surface area contributed by atoms with Gasteiger partial charge in [0.25, 0.3) is 5.91 Å². The lowest BCUT2D eigenvalue weighted by Crippen LogP contribution is -2.17. The topological polar surface area (TPSA) is 102 Å². The lowest BCUT2D eigenvalue weighted by molar-refractivity contribution is 0.0951. The molecule has 0 fully saturated rings. The number of amides is 1. The van der Waals surface area contributed by atoms with Gasteiger partial charge in [0.2, 0.25) is 5.75 Å². The second-order valence-electron chi connectivity index (χ2n) is 4.19. The lowest BCUT2D eigenvalue weighted by Gasteiger charge is -2.06. The molecule has 6 nitrogen and oxygen atoms in total. The highest BCUT2D eigenvalue weighted by Gasteiger charge is 2.16. The lowest BCUT2D eigenvalue weighted by atomic mass is 10.1. The van der Waals surface area contributed by atoms with E-state index in [1.807, 2.05) is 0 Å². The van der Waals surface area contributed by atoms with Crippen molar-refractivity contribution < 1.29 is 20.1 Å². The summed E-state index contributed by atoms with van der Waals surface area (Å²) in [5.41, 5.74) is 2.45. The molecule has 0 unspecified atom stereocenters. The molecule has 0 aliphatic carbocycles. The molecule has 2 rings (SSSR count). The largest absolute Gasteiger partial charge is 0.504 e. The van der Waals surface area contributed by atoms with Crippen LogP contribution in [0, 0.1) is 0 Å². The van der Waals surface area contributed by atoms with Crippen LogP contribution in [-0.2, 0) is 0 Å². The van der Waals surface area contributed by atoms with E-state index in [1.165, 1.54) is 12.3 Å². The Bertz CT molecular complexity index is 763. The second-order valence-corrected chi connectivity index (χ2v) is 5.04. The SMILES string of the molecule is O=C(N/N=C/c1ccc(Cl)cc1Cl)c1ccc(O)c(O)c1O. The van der Waals surface area contributed by atoms with Crippen LogP contribution in [0.2, 0.25) is 10.0 Å². The monoisotopic (exact) mass is 340 g/mol. The Kier molecular flexibility index (Phi) is 4.75. The Balaban J connectivity index is 2.13. The number of hydrazone groups is 1. The maximum Gasteiger partial charge on any atom is 0.275 e. The number of carbonyl (C=O) groups is 1. The Morgan fingerprint density at radius 1 is 1.09 bits per heavy atom. The van der Waals surface area contributed by atoms with Crippen LogP contribution in [0.1, 0.15) is 15.9 Å². The van der Waals surface area contributed by atoms with Gasteiger partial charge >= 0.3 is 0 Å². The standard InChI is InChI=1S/C14H10Cl2N2O4/c15-8-2-1-7(10(16)5-8)6-17-18-14(22)9-3-4-11(19)13(21)12(9)20/h1-6,19-21H,(H,18,22)/b17-6+. The van der Waals surface area contributed by atoms with Crippen molar-refractivity contribution in [2.75, 3.05) is 0 Å². The first-order valence-corrected chi connectivity index (χ1v) is 6.68. The van der Waals surface area contributed by atoms with Gasteiger partial charge in [0.05, 0.1) is 16.8 Å². The van der Waals surface area contributed by atoms with Crippen LogP contribution >= 0.6 is 23.2 Å². The predicted molar refractivity (Wildman–Crippen MR) is 83.0 cm³/mol. The zero-order chi connectivity index (χ0) is 16.3. The van der Waals surface area contributed by atoms with E-state index >= 15 is 0 Å². The third-order valence-corrected chi connectivity index (χ3v) is 3.27. The molecule has 8 heteroatoms. The molecule has 0 saturated heterocycles. The number of nitrogens with one attached hydrogen (secondary N) is 1. The minimum atomic E-state index is -0.780. The van der Waals surface area contributed by atoms with Crippen molar-refractivity contribution in [3.05, 3.63) is 51.5 Å². The molecule has 114 valence electrons. The number of hydrogen-bond donors (Lipinski definition) is 4. The summed E-state index contributed by atoms with van der Waals surface area (Å²) in [5.74, 6) is -2.82. The minimum absolute atomic E-state index is 0.241. The van der Waals surface area contributed by atoms with Gasteiger partial charge < -0.3 is 15.3 Å². The smallest absolute Gasteiger partial charge is 0.275 e. The van der Waals surface area contributed by atoms with E-state index in [0.29, 0.717) is 15.6 Å². The fraction of sp³-hybridized carbons (Fsp3) is 0. The van der Waals surface area contributed by atoms with E-state index in [-0.39, 0.29) is 5.56 Å². The van der Waals surface area contributed by atoms with Crippen molar-refractivity contribution in [2.24, 2.45) is 5.10 Å². The molecule has 0 spiro atoms. The maximum absolute atomic E-state index is 11.8. The Morgan fingerprint density at radius 2 is 1.82 bits per heavy atom. The molecule has 0 aliphatic heterocycles. The number of phenolic OH excluding ortho intramolecular Hbond substituents is 3. The molecule has 1 amide bonds. The number of halogens is 2. The van der Waals surface area contributed by atoms with E-state index in [2.05, 4.69) is 10.5 Å². The summed E-state index contributed by atoms with van der Waals surface area (Å²) in [7, 11) is 0. The summed E-state index contributed by atoms with van der Waals surface area (Å²) >= 11 is 11.7. The van der Waals surface area contributed by atoms with Gasteiger partial charge in [-0.05, 0) is 24.3 Å². The third-order valence-electron chi connectivity index (χ3n) is 2.71. The molecule has 0 heterocycles. The summed E-state index contributed by atoms with van der Waals surface area (Å²) in [6, 6.07) is 6.97. The fourth-order valence-electron chi connectivity index (χ4n) is 1.58. The van der Waals surface area contributed by atoms with Crippen LogP contribution in [0.15, 0.2) is 35.4 Å². The molecular formula is C14H10Cl2N2O4. The highest BCUT2D eigenvalue weighted by atomic mass is 35.5. The quantitative estimate of drug-likeness (QED) is 0.392. The van der Waals surface area contributed by atoms with Gasteiger partial charge in [-0.2, -0.15) is 5.10 Å². The maximum atomic E-state index is 11.8. The van der Waals surface area contributed by atoms with E-state index in [1.54, 1.807) is 12.1 Å². The fourth-order valence-corrected chi connectivity index (χ4v) is 2.04. The van der Waals surface area contributed by atoms with Gasteiger partial charge in [0.1, 0.15) is 0 Å². The molecule has 0 saturated carbocycles. The Hall–Kier alpha value is -2.44. The number of phenols is 3. The van der Waals surface area contributed by atoms with Crippen LogP contribution in [0.4, 0.5) is 0 Å². The first-order valence-electron chi connectivity index (χ1n) is 5.92. The summed E-state index contributed by atoms with van der Waals surface area (Å²) in [4.78, 5) is 11.8. The van der Waals surface area contributed by atoms with Crippen molar-refractivity contribution in [3.8, 4) is 17.2 Å². The third kappa shape index (κ3) is 3.41. The number of carbonyl (C=O) groups excluding carboxylic acids is 1. The van der Waals surface area contributed by atoms with Gasteiger partial charge in [0, 0.05) is 10.6 Å². The summed E-state index contributed by atoms with van der Waals surface area (Å²) in [6.07, 6.45) is 1.30. The molecule has 0 bridgehead atoms. The molecule has 22 heavy (non-hydrogen) atoms. The molecule has 2 aromatic rings. The van der Waals surface area contributed by atoms with Crippen LogP contribution in [0.3, 0.4) is 0 Å². The number of benzene rings is 2. The first kappa shape index (κ1) is 15.9. The average Bonchev–Trinajstić information content (AvgIpc) is 2.47. The average molecular weight is 341 g/mol. The van der Waals surface area contributed by atoms with Crippen molar-refractivity contribution in [1.82, 2.24) is 5.43 Å². The Morgan fingerprint density at radius 3 is 2.50 bits per heavy atom. The van der Waals surface area contributed by atoms with Gasteiger partial charge in [-0.25, -0.2) is 5.43 Å². The normalized spacial score (nSPS) is 10.8. The van der Waals surface area contributed by atoms with Crippen molar-refractivity contribution in [2.45, 2.75) is 0 Å². The number of nitrogens with zero attached hydrogens (tertiary/aromatic N) is 1. The van der Waals surface area contributed by atoms with E-state index < -0.39 is 23.2 Å². The predicted octanol–water partition coefficient (Wildman–Crippen LogP) is 2.87. The first-order chi connectivity index (χ1) is 10.4. The summed E-state index contributed by atoms with van der Waals surface area (Å²) < 4.78 is 0. The van der Waals surface area contributed by atoms with Crippen molar-refractivity contribution in [1.29, 1.82) is 0 Å². The Labute approximate surface area is 135 Å².